The van der Waals surface area contributed by atoms with Gasteiger partial charge in [-0.1, -0.05) is 60.1 Å². The molecule has 0 aromatic heterocycles. The number of aliphatic carboxylic acids is 1. The summed E-state index contributed by atoms with van der Waals surface area (Å²) in [5, 5.41) is 10.6. The predicted molar refractivity (Wildman–Crippen MR) is 104 cm³/mol. The smallest absolute Gasteiger partial charge is 0.314 e. The van der Waals surface area contributed by atoms with E-state index in [0.717, 1.165) is 17.5 Å². The van der Waals surface area contributed by atoms with Gasteiger partial charge in [0.15, 0.2) is 0 Å². The predicted octanol–water partition coefficient (Wildman–Crippen LogP) is 4.09. The Morgan fingerprint density at radius 3 is 2.26 bits per heavy atom. The van der Waals surface area contributed by atoms with Crippen molar-refractivity contribution in [2.24, 2.45) is 5.92 Å². The van der Waals surface area contributed by atoms with Crippen LogP contribution < -0.4 is 0 Å². The van der Waals surface area contributed by atoms with Gasteiger partial charge in [0.1, 0.15) is 0 Å². The van der Waals surface area contributed by atoms with E-state index in [1.54, 1.807) is 0 Å². The molecule has 4 rings (SSSR count). The van der Waals surface area contributed by atoms with Crippen LogP contribution in [-0.2, 0) is 15.0 Å². The summed E-state index contributed by atoms with van der Waals surface area (Å²) in [5.74, 6) is -0.515. The fourth-order valence-electron chi connectivity index (χ4n) is 4.31. The number of benzene rings is 2. The van der Waals surface area contributed by atoms with Crippen molar-refractivity contribution in [2.75, 3.05) is 13.1 Å². The second-order valence-electron chi connectivity index (χ2n) is 7.55. The van der Waals surface area contributed by atoms with E-state index >= 15 is 0 Å². The summed E-state index contributed by atoms with van der Waals surface area (Å²) in [6, 6.07) is 17.1. The number of carboxylic acids is 1. The first-order chi connectivity index (χ1) is 13.0. The van der Waals surface area contributed by atoms with Crippen LogP contribution >= 0.6 is 11.6 Å². The van der Waals surface area contributed by atoms with Crippen molar-refractivity contribution in [1.82, 2.24) is 4.90 Å². The maximum atomic E-state index is 12.9. The van der Waals surface area contributed by atoms with Crippen molar-refractivity contribution < 1.29 is 14.7 Å². The van der Waals surface area contributed by atoms with Gasteiger partial charge in [0.05, 0.1) is 5.41 Å². The summed E-state index contributed by atoms with van der Waals surface area (Å²) in [6.45, 7) is 0.956. The highest BCUT2D eigenvalue weighted by atomic mass is 35.5. The van der Waals surface area contributed by atoms with Crippen LogP contribution in [0.4, 0.5) is 0 Å². The van der Waals surface area contributed by atoms with Gasteiger partial charge in [0.25, 0.3) is 0 Å². The number of piperidine rings is 1. The Morgan fingerprint density at radius 1 is 1.00 bits per heavy atom. The van der Waals surface area contributed by atoms with Gasteiger partial charge in [0.2, 0.25) is 5.91 Å². The molecule has 1 amide bonds. The number of halogens is 1. The minimum Gasteiger partial charge on any atom is -0.481 e. The fourth-order valence-corrected chi connectivity index (χ4v) is 4.59. The Hall–Kier alpha value is -2.33. The lowest BCUT2D eigenvalue weighted by Gasteiger charge is -2.39. The van der Waals surface area contributed by atoms with E-state index in [9.17, 15) is 14.7 Å². The van der Waals surface area contributed by atoms with Crippen LogP contribution in [0.1, 0.15) is 36.3 Å². The first-order valence-corrected chi connectivity index (χ1v) is 9.73. The van der Waals surface area contributed by atoms with Gasteiger partial charge in [-0.25, -0.2) is 0 Å². The molecule has 0 radical (unpaired) electrons. The molecule has 5 heteroatoms. The largest absolute Gasteiger partial charge is 0.481 e. The number of carbonyl (C=O) groups is 2. The van der Waals surface area contributed by atoms with Crippen molar-refractivity contribution in [3.8, 4) is 0 Å². The molecule has 2 aromatic carbocycles. The molecular weight excluding hydrogens is 362 g/mol. The highest BCUT2D eigenvalue weighted by Gasteiger charge is 2.49. The number of likely N-dealkylation sites (tertiary alicyclic amines) is 1. The number of hydrogen-bond acceptors (Lipinski definition) is 2. The molecule has 2 aromatic rings. The van der Waals surface area contributed by atoms with Crippen molar-refractivity contribution >= 4 is 23.5 Å². The van der Waals surface area contributed by atoms with Crippen molar-refractivity contribution in [3.05, 3.63) is 70.7 Å². The number of rotatable bonds is 4. The standard InChI is InChI=1S/C22H22ClNO3/c23-19-9-5-4-8-16(19)17-14-18(17)20(25)24-12-10-22(11-13-24,21(26)27)15-6-2-1-3-7-15/h1-9,17-18H,10-14H2,(H,26,27)/t17-,18-/m0/s1. The molecule has 1 saturated carbocycles. The molecule has 0 spiro atoms. The minimum absolute atomic E-state index is 0.0287. The average Bonchev–Trinajstić information content (AvgIpc) is 3.49. The Labute approximate surface area is 163 Å². The topological polar surface area (TPSA) is 57.6 Å². The SMILES string of the molecule is O=C([C@H]1C[C@H]1c1ccccc1Cl)N1CCC(C(=O)O)(c2ccccc2)CC1. The van der Waals surface area contributed by atoms with Crippen LogP contribution in [0.2, 0.25) is 5.02 Å². The summed E-state index contributed by atoms with van der Waals surface area (Å²) in [7, 11) is 0. The van der Waals surface area contributed by atoms with Gasteiger partial charge in [0, 0.05) is 24.0 Å². The third kappa shape index (κ3) is 3.23. The summed E-state index contributed by atoms with van der Waals surface area (Å²) >= 11 is 6.26. The number of hydrogen-bond donors (Lipinski definition) is 1. The zero-order chi connectivity index (χ0) is 19.0. The van der Waals surface area contributed by atoms with Gasteiger partial charge in [-0.05, 0) is 42.4 Å². The maximum Gasteiger partial charge on any atom is 0.314 e. The van der Waals surface area contributed by atoms with E-state index in [0.29, 0.717) is 31.0 Å². The van der Waals surface area contributed by atoms with Crippen molar-refractivity contribution in [2.45, 2.75) is 30.6 Å². The third-order valence-electron chi connectivity index (χ3n) is 6.08. The zero-order valence-electron chi connectivity index (χ0n) is 15.0. The van der Waals surface area contributed by atoms with E-state index in [-0.39, 0.29) is 17.7 Å². The first-order valence-electron chi connectivity index (χ1n) is 9.35. The molecule has 1 N–H and O–H groups in total. The van der Waals surface area contributed by atoms with E-state index in [1.807, 2.05) is 59.5 Å². The minimum atomic E-state index is -0.899. The maximum absolute atomic E-state index is 12.9. The Morgan fingerprint density at radius 2 is 1.63 bits per heavy atom. The average molecular weight is 384 g/mol. The molecule has 0 unspecified atom stereocenters. The van der Waals surface area contributed by atoms with Crippen LogP contribution in [0.3, 0.4) is 0 Å². The van der Waals surface area contributed by atoms with E-state index in [2.05, 4.69) is 0 Å². The Kier molecular flexibility index (Phi) is 4.68. The first kappa shape index (κ1) is 18.1. The summed E-state index contributed by atoms with van der Waals surface area (Å²) in [6.07, 6.45) is 1.71. The lowest BCUT2D eigenvalue weighted by Crippen LogP contribution is -2.49. The Bertz CT molecular complexity index is 859. The normalized spacial score (nSPS) is 23.7. The molecule has 1 heterocycles. The van der Waals surface area contributed by atoms with E-state index < -0.39 is 11.4 Å². The lowest BCUT2D eigenvalue weighted by molar-refractivity contribution is -0.148. The number of amides is 1. The lowest BCUT2D eigenvalue weighted by atomic mass is 9.73. The summed E-state index contributed by atoms with van der Waals surface area (Å²) in [4.78, 5) is 26.8. The van der Waals surface area contributed by atoms with Gasteiger partial charge in [-0.15, -0.1) is 0 Å². The van der Waals surface area contributed by atoms with Crippen molar-refractivity contribution in [3.63, 3.8) is 0 Å². The van der Waals surface area contributed by atoms with Gasteiger partial charge < -0.3 is 10.0 Å². The number of carboxylic acid groups (broad SMARTS) is 1. The van der Waals surface area contributed by atoms with Gasteiger partial charge >= 0.3 is 5.97 Å². The molecule has 0 bridgehead atoms. The van der Waals surface area contributed by atoms with Crippen LogP contribution in [0.25, 0.3) is 0 Å². The Balaban J connectivity index is 1.44. The van der Waals surface area contributed by atoms with Crippen LogP contribution in [0.15, 0.2) is 54.6 Å². The zero-order valence-corrected chi connectivity index (χ0v) is 15.7. The van der Waals surface area contributed by atoms with Gasteiger partial charge in [-0.3, -0.25) is 9.59 Å². The molecular formula is C22H22ClNO3. The summed E-state index contributed by atoms with van der Waals surface area (Å²) < 4.78 is 0. The third-order valence-corrected chi connectivity index (χ3v) is 6.42. The second kappa shape index (κ2) is 7.01. The monoisotopic (exact) mass is 383 g/mol. The molecule has 2 aliphatic rings. The molecule has 140 valence electrons. The highest BCUT2D eigenvalue weighted by Crippen LogP contribution is 2.51. The van der Waals surface area contributed by atoms with E-state index in [4.69, 9.17) is 11.6 Å². The molecule has 4 nitrogen and oxygen atoms in total. The number of nitrogens with zero attached hydrogens (tertiary/aromatic N) is 1. The van der Waals surface area contributed by atoms with E-state index in [1.165, 1.54) is 0 Å². The second-order valence-corrected chi connectivity index (χ2v) is 7.96. The number of carbonyl (C=O) groups excluding carboxylic acids is 1. The quantitative estimate of drug-likeness (QED) is 0.865. The van der Waals surface area contributed by atoms with Crippen LogP contribution in [0, 0.1) is 5.92 Å². The molecule has 1 aliphatic heterocycles. The van der Waals surface area contributed by atoms with Gasteiger partial charge in [-0.2, -0.15) is 0 Å². The fraction of sp³-hybridized carbons (Fsp3) is 0.364. The van der Waals surface area contributed by atoms with Crippen LogP contribution in [-0.4, -0.2) is 35.0 Å². The molecule has 2 fully saturated rings. The van der Waals surface area contributed by atoms with Crippen LogP contribution in [0.5, 0.6) is 0 Å². The van der Waals surface area contributed by atoms with Crippen molar-refractivity contribution in [1.29, 1.82) is 0 Å². The molecule has 1 aliphatic carbocycles. The molecule has 27 heavy (non-hydrogen) atoms. The highest BCUT2D eigenvalue weighted by molar-refractivity contribution is 6.31. The molecule has 2 atom stereocenters. The summed E-state index contributed by atoms with van der Waals surface area (Å²) in [5.41, 5.74) is 0.965. The molecule has 1 saturated heterocycles.